The summed E-state index contributed by atoms with van der Waals surface area (Å²) in [5.41, 5.74) is 1.41. The molecule has 0 saturated heterocycles. The number of nitrogens with one attached hydrogen (secondary N) is 1. The molecule has 0 bridgehead atoms. The fourth-order valence-corrected chi connectivity index (χ4v) is 1.98. The van der Waals surface area contributed by atoms with Gasteiger partial charge >= 0.3 is 0 Å². The number of unbranched alkanes of at least 4 members (excludes halogenated alkanes) is 1. The minimum absolute atomic E-state index is 0.531. The molecule has 1 atom stereocenters. The third-order valence-corrected chi connectivity index (χ3v) is 3.30. The van der Waals surface area contributed by atoms with Gasteiger partial charge in [-0.1, -0.05) is 32.4 Å². The molecule has 19 heavy (non-hydrogen) atoms. The van der Waals surface area contributed by atoms with Gasteiger partial charge in [-0.15, -0.1) is 0 Å². The summed E-state index contributed by atoms with van der Waals surface area (Å²) >= 11 is 0. The predicted molar refractivity (Wildman–Crippen MR) is 82.9 cm³/mol. The highest BCUT2D eigenvalue weighted by atomic mass is 16.5. The van der Waals surface area contributed by atoms with Gasteiger partial charge in [0.25, 0.3) is 0 Å². The van der Waals surface area contributed by atoms with Crippen LogP contribution in [0.15, 0.2) is 24.3 Å². The maximum atomic E-state index is 5.78. The number of ether oxygens (including phenoxy) is 1. The van der Waals surface area contributed by atoms with E-state index in [4.69, 9.17) is 4.74 Å². The molecule has 1 aromatic carbocycles. The second-order valence-electron chi connectivity index (χ2n) is 5.24. The quantitative estimate of drug-likeness (QED) is 0.683. The van der Waals surface area contributed by atoms with Crippen molar-refractivity contribution in [2.24, 2.45) is 0 Å². The molecule has 2 heteroatoms. The number of benzene rings is 1. The topological polar surface area (TPSA) is 21.3 Å². The molecule has 2 nitrogen and oxygen atoms in total. The fourth-order valence-electron chi connectivity index (χ4n) is 1.98. The largest absolute Gasteiger partial charge is 0.494 e. The molecule has 1 rings (SSSR count). The van der Waals surface area contributed by atoms with Crippen molar-refractivity contribution in [3.8, 4) is 5.75 Å². The van der Waals surface area contributed by atoms with Crippen LogP contribution >= 0.6 is 0 Å². The molecular weight excluding hydrogens is 234 g/mol. The highest BCUT2D eigenvalue weighted by Crippen LogP contribution is 2.14. The smallest absolute Gasteiger partial charge is 0.119 e. The summed E-state index contributed by atoms with van der Waals surface area (Å²) in [5.74, 6) is 0.989. The maximum absolute atomic E-state index is 5.78. The number of aryl methyl sites for hydroxylation is 1. The molecule has 0 aliphatic heterocycles. The van der Waals surface area contributed by atoms with Gasteiger partial charge in [0.05, 0.1) is 6.61 Å². The van der Waals surface area contributed by atoms with Gasteiger partial charge in [0.1, 0.15) is 5.75 Å². The van der Waals surface area contributed by atoms with Crippen molar-refractivity contribution in [2.75, 3.05) is 13.2 Å². The summed E-state index contributed by atoms with van der Waals surface area (Å²) in [4.78, 5) is 0. The van der Waals surface area contributed by atoms with Crippen molar-refractivity contribution in [1.82, 2.24) is 5.32 Å². The van der Waals surface area contributed by atoms with Crippen molar-refractivity contribution in [1.29, 1.82) is 0 Å². The Balaban J connectivity index is 2.22. The summed E-state index contributed by atoms with van der Waals surface area (Å²) in [7, 11) is 0. The lowest BCUT2D eigenvalue weighted by molar-refractivity contribution is 0.290. The molecule has 1 unspecified atom stereocenters. The standard InChI is InChI=1S/C17H29NO/c1-4-6-7-16-8-10-17(11-9-16)19-14-12-15(3)18-13-5-2/h8-11,15,18H,4-7,12-14H2,1-3H3. The predicted octanol–water partition coefficient (Wildman–Crippen LogP) is 4.19. The van der Waals surface area contributed by atoms with Crippen molar-refractivity contribution in [3.63, 3.8) is 0 Å². The maximum Gasteiger partial charge on any atom is 0.119 e. The fraction of sp³-hybridized carbons (Fsp3) is 0.647. The highest BCUT2D eigenvalue weighted by Gasteiger charge is 2.01. The first-order valence-corrected chi connectivity index (χ1v) is 7.71. The average molecular weight is 263 g/mol. The Labute approximate surface area is 118 Å². The molecule has 1 N–H and O–H groups in total. The lowest BCUT2D eigenvalue weighted by Gasteiger charge is -2.13. The van der Waals surface area contributed by atoms with Gasteiger partial charge in [0.2, 0.25) is 0 Å². The van der Waals surface area contributed by atoms with Crippen LogP contribution in [0.2, 0.25) is 0 Å². The first-order chi connectivity index (χ1) is 9.26. The molecule has 0 aromatic heterocycles. The second-order valence-corrected chi connectivity index (χ2v) is 5.24. The van der Waals surface area contributed by atoms with Crippen LogP contribution in [0.25, 0.3) is 0 Å². The first kappa shape index (κ1) is 16.0. The normalized spacial score (nSPS) is 12.4. The Hall–Kier alpha value is -1.02. The van der Waals surface area contributed by atoms with E-state index in [-0.39, 0.29) is 0 Å². The molecule has 0 spiro atoms. The summed E-state index contributed by atoms with van der Waals surface area (Å²) in [6.45, 7) is 8.51. The zero-order chi connectivity index (χ0) is 13.9. The van der Waals surface area contributed by atoms with Gasteiger partial charge in [-0.2, -0.15) is 0 Å². The van der Waals surface area contributed by atoms with Gasteiger partial charge in [0, 0.05) is 6.04 Å². The molecule has 0 aliphatic rings. The Morgan fingerprint density at radius 3 is 2.47 bits per heavy atom. The van der Waals surface area contributed by atoms with Crippen molar-refractivity contribution < 1.29 is 4.74 Å². The van der Waals surface area contributed by atoms with E-state index >= 15 is 0 Å². The van der Waals surface area contributed by atoms with Gasteiger partial charge in [-0.05, 0) is 56.8 Å². The molecule has 0 saturated carbocycles. The monoisotopic (exact) mass is 263 g/mol. The Bertz CT molecular complexity index is 321. The zero-order valence-corrected chi connectivity index (χ0v) is 12.7. The van der Waals surface area contributed by atoms with Crippen LogP contribution in [-0.2, 0) is 6.42 Å². The highest BCUT2D eigenvalue weighted by molar-refractivity contribution is 5.27. The Kier molecular flexibility index (Phi) is 8.31. The van der Waals surface area contributed by atoms with Crippen molar-refractivity contribution in [3.05, 3.63) is 29.8 Å². The van der Waals surface area contributed by atoms with E-state index in [1.54, 1.807) is 0 Å². The molecule has 0 aliphatic carbocycles. The lowest BCUT2D eigenvalue weighted by atomic mass is 10.1. The van der Waals surface area contributed by atoms with Crippen LogP contribution in [0.4, 0.5) is 0 Å². The van der Waals surface area contributed by atoms with Gasteiger partial charge in [-0.3, -0.25) is 0 Å². The van der Waals surface area contributed by atoms with Crippen LogP contribution in [0.1, 0.15) is 52.0 Å². The second kappa shape index (κ2) is 9.85. The van der Waals surface area contributed by atoms with Gasteiger partial charge < -0.3 is 10.1 Å². The van der Waals surface area contributed by atoms with E-state index < -0.39 is 0 Å². The van der Waals surface area contributed by atoms with E-state index in [2.05, 4.69) is 50.4 Å². The van der Waals surface area contributed by atoms with Crippen molar-refractivity contribution in [2.45, 2.75) is 58.9 Å². The molecular formula is C17H29NO. The molecule has 0 amide bonds. The van der Waals surface area contributed by atoms with E-state index in [1.165, 1.54) is 31.2 Å². The van der Waals surface area contributed by atoms with E-state index in [0.717, 1.165) is 25.3 Å². The summed E-state index contributed by atoms with van der Waals surface area (Å²) in [6.07, 6.45) is 5.93. The van der Waals surface area contributed by atoms with Crippen molar-refractivity contribution >= 4 is 0 Å². The summed E-state index contributed by atoms with van der Waals surface area (Å²) in [6, 6.07) is 9.08. The minimum atomic E-state index is 0.531. The van der Waals surface area contributed by atoms with Crippen LogP contribution in [0.3, 0.4) is 0 Å². The lowest BCUT2D eigenvalue weighted by Crippen LogP contribution is -2.28. The minimum Gasteiger partial charge on any atom is -0.494 e. The van der Waals surface area contributed by atoms with E-state index in [1.807, 2.05) is 0 Å². The third kappa shape index (κ3) is 7.22. The Morgan fingerprint density at radius 2 is 1.84 bits per heavy atom. The third-order valence-electron chi connectivity index (χ3n) is 3.30. The first-order valence-electron chi connectivity index (χ1n) is 7.71. The molecule has 1 aromatic rings. The van der Waals surface area contributed by atoms with Crippen LogP contribution < -0.4 is 10.1 Å². The Morgan fingerprint density at radius 1 is 1.11 bits per heavy atom. The molecule has 0 fully saturated rings. The number of rotatable bonds is 10. The SMILES string of the molecule is CCCCc1ccc(OCCC(C)NCCC)cc1. The summed E-state index contributed by atoms with van der Waals surface area (Å²) in [5, 5.41) is 3.47. The average Bonchev–Trinajstić information content (AvgIpc) is 2.44. The molecule has 0 radical (unpaired) electrons. The van der Waals surface area contributed by atoms with Crippen LogP contribution in [0.5, 0.6) is 5.75 Å². The number of hydrogen-bond acceptors (Lipinski definition) is 2. The van der Waals surface area contributed by atoms with Crippen LogP contribution in [0, 0.1) is 0 Å². The van der Waals surface area contributed by atoms with Gasteiger partial charge in [0.15, 0.2) is 0 Å². The van der Waals surface area contributed by atoms with E-state index in [9.17, 15) is 0 Å². The van der Waals surface area contributed by atoms with E-state index in [0.29, 0.717) is 6.04 Å². The van der Waals surface area contributed by atoms with Gasteiger partial charge in [-0.25, -0.2) is 0 Å². The molecule has 0 heterocycles. The number of hydrogen-bond donors (Lipinski definition) is 1. The molecule has 108 valence electrons. The summed E-state index contributed by atoms with van der Waals surface area (Å²) < 4.78 is 5.78. The zero-order valence-electron chi connectivity index (χ0n) is 12.7. The van der Waals surface area contributed by atoms with Crippen LogP contribution in [-0.4, -0.2) is 19.2 Å².